The monoisotopic (exact) mass is 319 g/mol. The van der Waals surface area contributed by atoms with Crippen molar-refractivity contribution < 1.29 is 4.39 Å². The highest BCUT2D eigenvalue weighted by molar-refractivity contribution is 9.10. The maximum atomic E-state index is 13.5. The van der Waals surface area contributed by atoms with Gasteiger partial charge in [-0.2, -0.15) is 0 Å². The first-order chi connectivity index (χ1) is 9.07. The van der Waals surface area contributed by atoms with Crippen LogP contribution in [0.4, 0.5) is 4.39 Å². The molecule has 2 N–H and O–H groups in total. The molecule has 2 aromatic carbocycles. The van der Waals surface area contributed by atoms with Crippen LogP contribution in [0.3, 0.4) is 0 Å². The topological polar surface area (TPSA) is 26.0 Å². The Labute approximate surface area is 120 Å². The zero-order valence-corrected chi connectivity index (χ0v) is 12.1. The van der Waals surface area contributed by atoms with E-state index in [-0.39, 0.29) is 11.4 Å². The van der Waals surface area contributed by atoms with Crippen LogP contribution >= 0.6 is 15.9 Å². The zero-order valence-electron chi connectivity index (χ0n) is 10.5. The van der Waals surface area contributed by atoms with Crippen molar-refractivity contribution in [3.05, 3.63) is 69.4 Å². The summed E-state index contributed by atoms with van der Waals surface area (Å²) < 4.78 is 14.2. The number of fused-ring (bicyclic) bond motifs is 1. The fourth-order valence-electron chi connectivity index (χ4n) is 2.98. The molecule has 1 aliphatic rings. The summed E-state index contributed by atoms with van der Waals surface area (Å²) in [4.78, 5) is 0. The van der Waals surface area contributed by atoms with Crippen molar-refractivity contribution in [3.63, 3.8) is 0 Å². The average molecular weight is 320 g/mol. The van der Waals surface area contributed by atoms with Gasteiger partial charge in [-0.1, -0.05) is 40.2 Å². The highest BCUT2D eigenvalue weighted by Crippen LogP contribution is 2.37. The molecular weight excluding hydrogens is 305 g/mol. The van der Waals surface area contributed by atoms with Gasteiger partial charge in [-0.15, -0.1) is 0 Å². The van der Waals surface area contributed by atoms with Crippen LogP contribution in [0.2, 0.25) is 0 Å². The van der Waals surface area contributed by atoms with E-state index in [1.54, 1.807) is 6.07 Å². The van der Waals surface area contributed by atoms with Gasteiger partial charge in [0.25, 0.3) is 0 Å². The van der Waals surface area contributed by atoms with Crippen molar-refractivity contribution in [3.8, 4) is 0 Å². The number of aryl methyl sites for hydroxylation is 1. The molecule has 98 valence electrons. The first-order valence-electron chi connectivity index (χ1n) is 6.39. The van der Waals surface area contributed by atoms with Gasteiger partial charge in [-0.25, -0.2) is 4.39 Å². The smallest absolute Gasteiger partial charge is 0.124 e. The van der Waals surface area contributed by atoms with Gasteiger partial charge in [0.2, 0.25) is 0 Å². The molecule has 3 rings (SSSR count). The predicted molar refractivity (Wildman–Crippen MR) is 78.4 cm³/mol. The van der Waals surface area contributed by atoms with Crippen molar-refractivity contribution in [1.29, 1.82) is 0 Å². The highest BCUT2D eigenvalue weighted by Gasteiger charge is 2.34. The van der Waals surface area contributed by atoms with Crippen molar-refractivity contribution in [1.82, 2.24) is 0 Å². The van der Waals surface area contributed by atoms with E-state index in [1.807, 2.05) is 18.2 Å². The first-order valence-corrected chi connectivity index (χ1v) is 7.18. The summed E-state index contributed by atoms with van der Waals surface area (Å²) in [6.07, 6.45) is 2.59. The number of hydrogen-bond acceptors (Lipinski definition) is 1. The molecule has 3 heteroatoms. The van der Waals surface area contributed by atoms with Crippen molar-refractivity contribution in [2.24, 2.45) is 5.73 Å². The molecule has 0 bridgehead atoms. The Balaban J connectivity index is 1.95. The molecule has 0 aromatic heterocycles. The molecule has 0 spiro atoms. The third kappa shape index (κ3) is 2.45. The number of rotatable bonds is 2. The number of halogens is 2. The van der Waals surface area contributed by atoms with Crippen molar-refractivity contribution in [2.75, 3.05) is 0 Å². The summed E-state index contributed by atoms with van der Waals surface area (Å²) in [7, 11) is 0. The Bertz CT molecular complexity index is 606. The second-order valence-electron chi connectivity index (χ2n) is 5.27. The number of nitrogens with two attached hydrogens (primary N) is 1. The lowest BCUT2D eigenvalue weighted by molar-refractivity contribution is 0.438. The van der Waals surface area contributed by atoms with Crippen LogP contribution in [0.1, 0.15) is 23.1 Å². The van der Waals surface area contributed by atoms with Gasteiger partial charge in [-0.3, -0.25) is 0 Å². The molecule has 2 aromatic rings. The fourth-order valence-corrected chi connectivity index (χ4v) is 3.49. The van der Waals surface area contributed by atoms with Gasteiger partial charge in [-0.05, 0) is 54.2 Å². The Morgan fingerprint density at radius 3 is 2.79 bits per heavy atom. The molecule has 1 atom stereocenters. The van der Waals surface area contributed by atoms with Crippen LogP contribution in [-0.4, -0.2) is 0 Å². The normalized spacial score (nSPS) is 21.4. The van der Waals surface area contributed by atoms with E-state index in [4.69, 9.17) is 5.73 Å². The van der Waals surface area contributed by atoms with E-state index in [1.165, 1.54) is 17.2 Å². The molecule has 19 heavy (non-hydrogen) atoms. The van der Waals surface area contributed by atoms with Gasteiger partial charge in [0, 0.05) is 10.0 Å². The maximum Gasteiger partial charge on any atom is 0.124 e. The van der Waals surface area contributed by atoms with Crippen LogP contribution in [-0.2, 0) is 18.4 Å². The SMILES string of the molecule is NC1(Cc2cc(F)cc(Br)c2)CCc2ccccc21. The third-order valence-electron chi connectivity index (χ3n) is 3.84. The molecule has 0 aliphatic heterocycles. The van der Waals surface area contributed by atoms with Crippen molar-refractivity contribution >= 4 is 15.9 Å². The van der Waals surface area contributed by atoms with Gasteiger partial charge < -0.3 is 5.73 Å². The van der Waals surface area contributed by atoms with E-state index in [0.717, 1.165) is 22.9 Å². The molecule has 1 unspecified atom stereocenters. The summed E-state index contributed by atoms with van der Waals surface area (Å²) >= 11 is 3.33. The van der Waals surface area contributed by atoms with Gasteiger partial charge in [0.15, 0.2) is 0 Å². The average Bonchev–Trinajstić information content (AvgIpc) is 2.66. The van der Waals surface area contributed by atoms with Gasteiger partial charge in [0.05, 0.1) is 0 Å². The molecule has 0 saturated heterocycles. The van der Waals surface area contributed by atoms with Gasteiger partial charge in [0.1, 0.15) is 5.82 Å². The minimum absolute atomic E-state index is 0.223. The summed E-state index contributed by atoms with van der Waals surface area (Å²) in [5.41, 5.74) is 9.65. The Morgan fingerprint density at radius 1 is 1.21 bits per heavy atom. The second-order valence-corrected chi connectivity index (χ2v) is 6.18. The quantitative estimate of drug-likeness (QED) is 0.891. The minimum atomic E-state index is -0.371. The first kappa shape index (κ1) is 12.8. The molecule has 1 nitrogen and oxygen atoms in total. The van der Waals surface area contributed by atoms with Crippen LogP contribution in [0.15, 0.2) is 46.9 Å². The van der Waals surface area contributed by atoms with Gasteiger partial charge >= 0.3 is 0 Å². The molecule has 0 radical (unpaired) electrons. The summed E-state index contributed by atoms with van der Waals surface area (Å²) in [6, 6.07) is 13.3. The Morgan fingerprint density at radius 2 is 2.00 bits per heavy atom. The number of hydrogen-bond donors (Lipinski definition) is 1. The molecule has 0 saturated carbocycles. The summed E-state index contributed by atoms with van der Waals surface area (Å²) in [5.74, 6) is -0.223. The van der Waals surface area contributed by atoms with Crippen LogP contribution in [0.25, 0.3) is 0 Å². The van der Waals surface area contributed by atoms with E-state index >= 15 is 0 Å². The van der Waals surface area contributed by atoms with Crippen LogP contribution in [0.5, 0.6) is 0 Å². The largest absolute Gasteiger partial charge is 0.321 e. The predicted octanol–water partition coefficient (Wildman–Crippen LogP) is 3.93. The summed E-state index contributed by atoms with van der Waals surface area (Å²) in [5, 5.41) is 0. The standard InChI is InChI=1S/C16H15BrFN/c17-13-7-11(8-14(18)9-13)10-16(19)6-5-12-3-1-2-4-15(12)16/h1-4,7-9H,5-6,10,19H2. The van der Waals surface area contributed by atoms with Crippen LogP contribution in [0, 0.1) is 5.82 Å². The molecule has 0 amide bonds. The summed E-state index contributed by atoms with van der Waals surface area (Å²) in [6.45, 7) is 0. The third-order valence-corrected chi connectivity index (χ3v) is 4.29. The van der Waals surface area contributed by atoms with E-state index < -0.39 is 0 Å². The second kappa shape index (κ2) is 4.73. The molecule has 0 heterocycles. The highest BCUT2D eigenvalue weighted by atomic mass is 79.9. The lowest BCUT2D eigenvalue weighted by Crippen LogP contribution is -2.36. The zero-order chi connectivity index (χ0) is 13.5. The number of benzene rings is 2. The fraction of sp³-hybridized carbons (Fsp3) is 0.250. The Hall–Kier alpha value is -1.19. The molecular formula is C16H15BrFN. The van der Waals surface area contributed by atoms with Crippen molar-refractivity contribution in [2.45, 2.75) is 24.8 Å². The minimum Gasteiger partial charge on any atom is -0.321 e. The van der Waals surface area contributed by atoms with E-state index in [9.17, 15) is 4.39 Å². The molecule has 1 aliphatic carbocycles. The Kier molecular flexibility index (Phi) is 3.19. The molecule has 0 fully saturated rings. The van der Waals surface area contributed by atoms with E-state index in [0.29, 0.717) is 6.42 Å². The lowest BCUT2D eigenvalue weighted by atomic mass is 9.86. The lowest BCUT2D eigenvalue weighted by Gasteiger charge is -2.25. The van der Waals surface area contributed by atoms with Crippen LogP contribution < -0.4 is 5.73 Å². The maximum absolute atomic E-state index is 13.5. The van der Waals surface area contributed by atoms with E-state index in [2.05, 4.69) is 28.1 Å².